The van der Waals surface area contributed by atoms with Gasteiger partial charge in [-0.2, -0.15) is 0 Å². The summed E-state index contributed by atoms with van der Waals surface area (Å²) in [5.41, 5.74) is 3.16. The topological polar surface area (TPSA) is 92.9 Å². The predicted molar refractivity (Wildman–Crippen MR) is 90.4 cm³/mol. The van der Waals surface area contributed by atoms with Crippen LogP contribution in [0.15, 0.2) is 41.2 Å². The van der Waals surface area contributed by atoms with Crippen LogP contribution in [0, 0.1) is 20.8 Å². The van der Waals surface area contributed by atoms with Crippen molar-refractivity contribution in [3.63, 3.8) is 0 Å². The highest BCUT2D eigenvalue weighted by molar-refractivity contribution is 6.03. The fraction of sp³-hybridized carbons (Fsp3) is 0.176. The third-order valence-corrected chi connectivity index (χ3v) is 3.64. The van der Waals surface area contributed by atoms with Gasteiger partial charge in [0.1, 0.15) is 23.6 Å². The molecule has 24 heavy (non-hydrogen) atoms. The molecule has 0 saturated carbocycles. The third kappa shape index (κ3) is 3.40. The Balaban J connectivity index is 1.78. The first-order chi connectivity index (χ1) is 11.5. The van der Waals surface area contributed by atoms with Gasteiger partial charge in [0.05, 0.1) is 0 Å². The van der Waals surface area contributed by atoms with Gasteiger partial charge < -0.3 is 15.2 Å². The quantitative estimate of drug-likeness (QED) is 0.764. The molecule has 0 atom stereocenters. The van der Waals surface area contributed by atoms with Gasteiger partial charge in [-0.3, -0.25) is 4.79 Å². The van der Waals surface area contributed by atoms with Gasteiger partial charge in [-0.05, 0) is 38.0 Å². The lowest BCUT2D eigenvalue weighted by atomic mass is 10.1. The van der Waals surface area contributed by atoms with Crippen LogP contribution in [0.3, 0.4) is 0 Å². The minimum atomic E-state index is -0.300. The molecule has 0 radical (unpaired) electrons. The summed E-state index contributed by atoms with van der Waals surface area (Å²) in [4.78, 5) is 20.5. The molecule has 1 amide bonds. The lowest BCUT2D eigenvalue weighted by Crippen LogP contribution is -2.15. The van der Waals surface area contributed by atoms with E-state index in [0.29, 0.717) is 17.4 Å². The van der Waals surface area contributed by atoms with Gasteiger partial charge in [-0.25, -0.2) is 9.97 Å². The molecular weight excluding hydrogens is 306 g/mol. The standard InChI is InChI=1S/C17H17N5O2/c1-10-5-4-6-13(12(10)3)20-17(23)14-8-15(19-9-18-14)21-16-7-11(2)24-22-16/h4-9H,1-3H3,(H,20,23)(H,18,19,21,22). The molecular formula is C17H17N5O2. The van der Waals surface area contributed by atoms with Crippen molar-refractivity contribution in [3.05, 3.63) is 59.2 Å². The maximum Gasteiger partial charge on any atom is 0.274 e. The number of rotatable bonds is 4. The second-order valence-electron chi connectivity index (χ2n) is 5.44. The molecule has 7 heteroatoms. The third-order valence-electron chi connectivity index (χ3n) is 3.64. The molecule has 2 heterocycles. The van der Waals surface area contributed by atoms with Gasteiger partial charge >= 0.3 is 0 Å². The fourth-order valence-corrected chi connectivity index (χ4v) is 2.18. The van der Waals surface area contributed by atoms with Crippen LogP contribution < -0.4 is 10.6 Å². The zero-order chi connectivity index (χ0) is 17.1. The second kappa shape index (κ2) is 6.49. The molecule has 7 nitrogen and oxygen atoms in total. The lowest BCUT2D eigenvalue weighted by Gasteiger charge is -2.10. The van der Waals surface area contributed by atoms with E-state index in [0.717, 1.165) is 16.8 Å². The summed E-state index contributed by atoms with van der Waals surface area (Å²) < 4.78 is 4.98. The van der Waals surface area contributed by atoms with Crippen molar-refractivity contribution in [2.24, 2.45) is 0 Å². The van der Waals surface area contributed by atoms with Gasteiger partial charge in [0.25, 0.3) is 5.91 Å². The van der Waals surface area contributed by atoms with Crippen LogP contribution in [0.2, 0.25) is 0 Å². The molecule has 0 bridgehead atoms. The molecule has 0 aliphatic heterocycles. The Bertz CT molecular complexity index is 888. The van der Waals surface area contributed by atoms with E-state index < -0.39 is 0 Å². The highest BCUT2D eigenvalue weighted by atomic mass is 16.5. The highest BCUT2D eigenvalue weighted by Crippen LogP contribution is 2.19. The zero-order valence-electron chi connectivity index (χ0n) is 13.6. The SMILES string of the molecule is Cc1cc(Nc2cc(C(=O)Nc3cccc(C)c3C)ncn2)no1. The first kappa shape index (κ1) is 15.7. The van der Waals surface area contributed by atoms with Crippen molar-refractivity contribution in [2.45, 2.75) is 20.8 Å². The number of nitrogens with zero attached hydrogens (tertiary/aromatic N) is 3. The molecule has 0 aliphatic rings. The maximum absolute atomic E-state index is 12.4. The maximum atomic E-state index is 12.4. The van der Waals surface area contributed by atoms with Crippen LogP contribution in [0.25, 0.3) is 0 Å². The number of carbonyl (C=O) groups is 1. The fourth-order valence-electron chi connectivity index (χ4n) is 2.18. The number of aryl methyl sites for hydroxylation is 2. The number of amides is 1. The second-order valence-corrected chi connectivity index (χ2v) is 5.44. The monoisotopic (exact) mass is 323 g/mol. The van der Waals surface area contributed by atoms with E-state index in [9.17, 15) is 4.79 Å². The highest BCUT2D eigenvalue weighted by Gasteiger charge is 2.12. The van der Waals surface area contributed by atoms with E-state index in [2.05, 4.69) is 25.8 Å². The number of aromatic nitrogens is 3. The largest absolute Gasteiger partial charge is 0.360 e. The van der Waals surface area contributed by atoms with Crippen molar-refractivity contribution in [2.75, 3.05) is 10.6 Å². The predicted octanol–water partition coefficient (Wildman–Crippen LogP) is 3.39. The van der Waals surface area contributed by atoms with Crippen LogP contribution in [-0.2, 0) is 0 Å². The Labute approximate surface area is 139 Å². The molecule has 3 aromatic rings. The summed E-state index contributed by atoms with van der Waals surface area (Å²) in [5.74, 6) is 1.36. The summed E-state index contributed by atoms with van der Waals surface area (Å²) in [6.45, 7) is 5.75. The first-order valence-corrected chi connectivity index (χ1v) is 7.43. The van der Waals surface area contributed by atoms with Gasteiger partial charge in [-0.1, -0.05) is 17.3 Å². The Hall–Kier alpha value is -3.22. The van der Waals surface area contributed by atoms with Gasteiger partial charge in [-0.15, -0.1) is 0 Å². The molecule has 0 spiro atoms. The van der Waals surface area contributed by atoms with Crippen molar-refractivity contribution in [1.82, 2.24) is 15.1 Å². The number of hydrogen-bond acceptors (Lipinski definition) is 6. The van der Waals surface area contributed by atoms with Crippen LogP contribution >= 0.6 is 0 Å². The average Bonchev–Trinajstić information content (AvgIpc) is 2.97. The number of anilines is 3. The summed E-state index contributed by atoms with van der Waals surface area (Å²) in [6.07, 6.45) is 1.33. The van der Waals surface area contributed by atoms with E-state index in [1.807, 2.05) is 32.0 Å². The van der Waals surface area contributed by atoms with Crippen LogP contribution in [0.4, 0.5) is 17.3 Å². The summed E-state index contributed by atoms with van der Waals surface area (Å²) >= 11 is 0. The van der Waals surface area contributed by atoms with Crippen molar-refractivity contribution in [1.29, 1.82) is 0 Å². The average molecular weight is 323 g/mol. The number of hydrogen-bond donors (Lipinski definition) is 2. The minimum absolute atomic E-state index is 0.258. The lowest BCUT2D eigenvalue weighted by molar-refractivity contribution is 0.102. The Morgan fingerprint density at radius 3 is 2.67 bits per heavy atom. The molecule has 2 aromatic heterocycles. The molecule has 0 saturated heterocycles. The van der Waals surface area contributed by atoms with Gasteiger partial charge in [0.15, 0.2) is 5.82 Å². The Morgan fingerprint density at radius 2 is 1.92 bits per heavy atom. The van der Waals surface area contributed by atoms with Crippen LogP contribution in [-0.4, -0.2) is 21.0 Å². The van der Waals surface area contributed by atoms with Crippen LogP contribution in [0.1, 0.15) is 27.4 Å². The van der Waals surface area contributed by atoms with E-state index in [-0.39, 0.29) is 11.6 Å². The van der Waals surface area contributed by atoms with Crippen molar-refractivity contribution >= 4 is 23.2 Å². The van der Waals surface area contributed by atoms with Crippen molar-refractivity contribution < 1.29 is 9.32 Å². The van der Waals surface area contributed by atoms with Gasteiger partial charge in [0, 0.05) is 17.8 Å². The first-order valence-electron chi connectivity index (χ1n) is 7.43. The molecule has 122 valence electrons. The van der Waals surface area contributed by atoms with E-state index >= 15 is 0 Å². The minimum Gasteiger partial charge on any atom is -0.360 e. The molecule has 2 N–H and O–H groups in total. The van der Waals surface area contributed by atoms with E-state index in [1.54, 1.807) is 19.1 Å². The summed E-state index contributed by atoms with van der Waals surface area (Å²) in [7, 11) is 0. The molecule has 0 fully saturated rings. The zero-order valence-corrected chi connectivity index (χ0v) is 13.6. The van der Waals surface area contributed by atoms with Gasteiger partial charge in [0.2, 0.25) is 0 Å². The van der Waals surface area contributed by atoms with Crippen LogP contribution in [0.5, 0.6) is 0 Å². The normalized spacial score (nSPS) is 10.5. The number of nitrogens with one attached hydrogen (secondary N) is 2. The van der Waals surface area contributed by atoms with E-state index in [4.69, 9.17) is 4.52 Å². The smallest absolute Gasteiger partial charge is 0.274 e. The molecule has 1 aromatic carbocycles. The Morgan fingerprint density at radius 1 is 1.08 bits per heavy atom. The van der Waals surface area contributed by atoms with E-state index in [1.165, 1.54) is 6.33 Å². The molecule has 0 unspecified atom stereocenters. The number of benzene rings is 1. The molecule has 0 aliphatic carbocycles. The number of carbonyl (C=O) groups excluding carboxylic acids is 1. The Kier molecular flexibility index (Phi) is 4.24. The summed E-state index contributed by atoms with van der Waals surface area (Å²) in [6, 6.07) is 9.05. The molecule has 3 rings (SSSR count). The van der Waals surface area contributed by atoms with Crippen molar-refractivity contribution in [3.8, 4) is 0 Å². The summed E-state index contributed by atoms with van der Waals surface area (Å²) in [5, 5.41) is 9.67.